The fraction of sp³-hybridized carbons (Fsp3) is 0.457. The summed E-state index contributed by atoms with van der Waals surface area (Å²) in [5.74, 6) is 0.845. The van der Waals surface area contributed by atoms with Crippen LogP contribution in [0.25, 0.3) is 11.0 Å². The number of carbonyl (C=O) groups is 1. The Morgan fingerprint density at radius 3 is 2.48 bits per heavy atom. The molecule has 7 rings (SSSR count). The van der Waals surface area contributed by atoms with E-state index in [1.54, 1.807) is 36.4 Å². The lowest BCUT2D eigenvalue weighted by Crippen LogP contribution is -2.35. The molecule has 2 aromatic heterocycles. The molecule has 0 unspecified atom stereocenters. The van der Waals surface area contributed by atoms with Crippen molar-refractivity contribution in [2.24, 2.45) is 0 Å². The predicted molar refractivity (Wildman–Crippen MR) is 168 cm³/mol. The number of hydrogen-bond acceptors (Lipinski definition) is 8. The number of piperidine rings is 1. The minimum atomic E-state index is -4.45. The molecule has 0 amide bonds. The van der Waals surface area contributed by atoms with Crippen LogP contribution in [0.2, 0.25) is 0 Å². The van der Waals surface area contributed by atoms with Crippen LogP contribution in [-0.2, 0) is 29.2 Å². The molecular formula is C35H37F3N4O6. The molecule has 254 valence electrons. The molecule has 0 bridgehead atoms. The van der Waals surface area contributed by atoms with Crippen molar-refractivity contribution in [1.29, 1.82) is 0 Å². The van der Waals surface area contributed by atoms with Gasteiger partial charge < -0.3 is 28.6 Å². The Kier molecular flexibility index (Phi) is 9.25. The Bertz CT molecular complexity index is 1760. The van der Waals surface area contributed by atoms with Crippen molar-refractivity contribution >= 4 is 17.0 Å². The molecule has 0 aliphatic carbocycles. The SMILES string of the molecule is O=C(O)c1ccc2nc(CN3CCC(c4cccc(OCc5ccc(C6COC6)cc5OCC(F)(F)F)n4)CC3)n(C[C@@H]3CCO3)c2c1. The van der Waals surface area contributed by atoms with E-state index in [4.69, 9.17) is 28.9 Å². The zero-order valence-corrected chi connectivity index (χ0v) is 26.3. The first-order valence-electron chi connectivity index (χ1n) is 16.2. The Morgan fingerprint density at radius 1 is 0.979 bits per heavy atom. The quantitative estimate of drug-likeness (QED) is 0.197. The molecule has 4 aromatic rings. The summed E-state index contributed by atoms with van der Waals surface area (Å²) in [5, 5.41) is 9.53. The van der Waals surface area contributed by atoms with Gasteiger partial charge in [-0.1, -0.05) is 18.2 Å². The number of ether oxygens (including phenoxy) is 4. The second-order valence-corrected chi connectivity index (χ2v) is 12.7. The van der Waals surface area contributed by atoms with Gasteiger partial charge in [-0.25, -0.2) is 14.8 Å². The van der Waals surface area contributed by atoms with Gasteiger partial charge >= 0.3 is 12.1 Å². The summed E-state index contributed by atoms with van der Waals surface area (Å²) in [6.07, 6.45) is -1.62. The first-order chi connectivity index (χ1) is 23.2. The molecule has 3 fully saturated rings. The van der Waals surface area contributed by atoms with Gasteiger partial charge in [-0.15, -0.1) is 0 Å². The van der Waals surface area contributed by atoms with Gasteiger partial charge in [0.05, 0.1) is 49.0 Å². The number of rotatable bonds is 12. The molecule has 1 N–H and O–H groups in total. The van der Waals surface area contributed by atoms with Crippen LogP contribution in [0.3, 0.4) is 0 Å². The van der Waals surface area contributed by atoms with Crippen molar-refractivity contribution in [2.75, 3.05) is 39.5 Å². The van der Waals surface area contributed by atoms with Gasteiger partial charge in [-0.05, 0) is 68.2 Å². The number of carboxylic acids is 1. The van der Waals surface area contributed by atoms with Gasteiger partial charge in [0.1, 0.15) is 18.2 Å². The number of likely N-dealkylation sites (tertiary alicyclic amines) is 1. The van der Waals surface area contributed by atoms with E-state index < -0.39 is 18.8 Å². The second-order valence-electron chi connectivity index (χ2n) is 12.7. The third kappa shape index (κ3) is 7.43. The number of alkyl halides is 3. The minimum Gasteiger partial charge on any atom is -0.484 e. The Morgan fingerprint density at radius 2 is 1.79 bits per heavy atom. The normalized spacial score (nSPS) is 19.2. The molecular weight excluding hydrogens is 629 g/mol. The highest BCUT2D eigenvalue weighted by Crippen LogP contribution is 2.33. The molecule has 2 aromatic carbocycles. The summed E-state index contributed by atoms with van der Waals surface area (Å²) < 4.78 is 63.1. The van der Waals surface area contributed by atoms with Crippen molar-refractivity contribution in [3.8, 4) is 11.6 Å². The van der Waals surface area contributed by atoms with Gasteiger partial charge in [0.15, 0.2) is 6.61 Å². The van der Waals surface area contributed by atoms with Crippen molar-refractivity contribution in [2.45, 2.75) is 63.1 Å². The summed E-state index contributed by atoms with van der Waals surface area (Å²) in [6.45, 7) is 3.39. The van der Waals surface area contributed by atoms with Gasteiger partial charge in [0, 0.05) is 35.8 Å². The molecule has 0 saturated carbocycles. The van der Waals surface area contributed by atoms with E-state index in [2.05, 4.69) is 9.47 Å². The molecule has 3 aliphatic heterocycles. The average molecular weight is 667 g/mol. The summed E-state index contributed by atoms with van der Waals surface area (Å²) in [7, 11) is 0. The van der Waals surface area contributed by atoms with E-state index in [0.717, 1.165) is 67.1 Å². The molecule has 48 heavy (non-hydrogen) atoms. The van der Waals surface area contributed by atoms with E-state index in [-0.39, 0.29) is 35.9 Å². The standard InChI is InChI=1S/C35H37F3N4O6/c36-35(37,38)21-48-31-15-23(26-18-45-19-26)4-5-25(31)20-47-33-3-1-2-28(40-33)22-8-11-41(12-9-22)17-32-39-29-7-6-24(34(43)44)14-30(29)42(32)16-27-10-13-46-27/h1-7,14-15,22,26-27H,8-13,16-21H2,(H,43,44)/t27-/m0/s1. The smallest absolute Gasteiger partial charge is 0.422 e. The van der Waals surface area contributed by atoms with Crippen molar-refractivity contribution in [1.82, 2.24) is 19.4 Å². The molecule has 10 nitrogen and oxygen atoms in total. The van der Waals surface area contributed by atoms with E-state index >= 15 is 0 Å². The molecule has 1 atom stereocenters. The summed E-state index contributed by atoms with van der Waals surface area (Å²) in [5.41, 5.74) is 4.12. The van der Waals surface area contributed by atoms with Crippen LogP contribution in [0.5, 0.6) is 11.6 Å². The summed E-state index contributed by atoms with van der Waals surface area (Å²) in [6, 6.07) is 16.0. The number of imidazole rings is 1. The molecule has 3 aliphatic rings. The molecule has 0 radical (unpaired) electrons. The van der Waals surface area contributed by atoms with Crippen LogP contribution >= 0.6 is 0 Å². The highest BCUT2D eigenvalue weighted by molar-refractivity contribution is 5.92. The monoisotopic (exact) mass is 666 g/mol. The maximum absolute atomic E-state index is 13.0. The fourth-order valence-corrected chi connectivity index (χ4v) is 6.41. The van der Waals surface area contributed by atoms with Gasteiger partial charge in [-0.3, -0.25) is 4.90 Å². The minimum absolute atomic E-state index is 0.0182. The number of fused-ring (bicyclic) bond motifs is 1. The Balaban J connectivity index is 0.988. The average Bonchev–Trinajstić information content (AvgIpc) is 3.36. The number of aromatic nitrogens is 3. The third-order valence-electron chi connectivity index (χ3n) is 9.34. The van der Waals surface area contributed by atoms with Crippen molar-refractivity contribution in [3.63, 3.8) is 0 Å². The van der Waals surface area contributed by atoms with Crippen LogP contribution in [0.4, 0.5) is 13.2 Å². The third-order valence-corrected chi connectivity index (χ3v) is 9.34. The molecule has 13 heteroatoms. The number of pyridine rings is 1. The van der Waals surface area contributed by atoms with Gasteiger partial charge in [0.2, 0.25) is 5.88 Å². The lowest BCUT2D eigenvalue weighted by molar-refractivity contribution is -0.153. The maximum atomic E-state index is 13.0. The van der Waals surface area contributed by atoms with Crippen LogP contribution in [0.1, 0.15) is 64.1 Å². The topological polar surface area (TPSA) is 108 Å². The predicted octanol–water partition coefficient (Wildman–Crippen LogP) is 5.93. The van der Waals surface area contributed by atoms with Crippen LogP contribution in [-0.4, -0.2) is 82.3 Å². The first kappa shape index (κ1) is 32.4. The van der Waals surface area contributed by atoms with Crippen LogP contribution in [0, 0.1) is 0 Å². The highest BCUT2D eigenvalue weighted by Gasteiger charge is 2.30. The largest absolute Gasteiger partial charge is 0.484 e. The molecule has 5 heterocycles. The highest BCUT2D eigenvalue weighted by atomic mass is 19.4. The summed E-state index contributed by atoms with van der Waals surface area (Å²) >= 11 is 0. The van der Waals surface area contributed by atoms with Crippen LogP contribution < -0.4 is 9.47 Å². The van der Waals surface area contributed by atoms with Gasteiger partial charge in [0.25, 0.3) is 0 Å². The number of hydrogen-bond donors (Lipinski definition) is 1. The number of benzene rings is 2. The van der Waals surface area contributed by atoms with E-state index in [1.807, 2.05) is 18.2 Å². The van der Waals surface area contributed by atoms with Crippen molar-refractivity contribution < 1.29 is 42.0 Å². The number of aromatic carboxylic acids is 1. The lowest BCUT2D eigenvalue weighted by Gasteiger charge is -2.32. The second kappa shape index (κ2) is 13.7. The number of carboxylic acid groups (broad SMARTS) is 1. The lowest BCUT2D eigenvalue weighted by atomic mass is 9.93. The molecule has 3 saturated heterocycles. The van der Waals surface area contributed by atoms with E-state index in [9.17, 15) is 23.1 Å². The Labute approximate surface area is 275 Å². The van der Waals surface area contributed by atoms with Crippen LogP contribution in [0.15, 0.2) is 54.6 Å². The molecule has 0 spiro atoms. The Hall–Kier alpha value is -4.20. The first-order valence-corrected chi connectivity index (χ1v) is 16.2. The van der Waals surface area contributed by atoms with E-state index in [1.165, 1.54) is 0 Å². The zero-order chi connectivity index (χ0) is 33.3. The fourth-order valence-electron chi connectivity index (χ4n) is 6.41. The zero-order valence-electron chi connectivity index (χ0n) is 26.3. The van der Waals surface area contributed by atoms with Crippen molar-refractivity contribution in [3.05, 3.63) is 82.8 Å². The number of halogens is 3. The summed E-state index contributed by atoms with van der Waals surface area (Å²) in [4.78, 5) is 23.6. The van der Waals surface area contributed by atoms with Gasteiger partial charge in [-0.2, -0.15) is 13.2 Å². The van der Waals surface area contributed by atoms with E-state index in [0.29, 0.717) is 37.7 Å². The number of nitrogens with zero attached hydrogens (tertiary/aromatic N) is 4. The maximum Gasteiger partial charge on any atom is 0.422 e.